The molecule has 1 aliphatic rings. The number of carbonyl (C=O) groups is 3. The molecule has 1 unspecified atom stereocenters. The van der Waals surface area contributed by atoms with Crippen LogP contribution in [0.2, 0.25) is 0 Å². The van der Waals surface area contributed by atoms with E-state index in [1.165, 1.54) is 47.4 Å². The van der Waals surface area contributed by atoms with Crippen molar-refractivity contribution in [3.63, 3.8) is 0 Å². The molecule has 3 amide bonds. The fraction of sp³-hybridized carbons (Fsp3) is 0.348. The molecule has 1 heterocycles. The van der Waals surface area contributed by atoms with Gasteiger partial charge in [-0.05, 0) is 61.7 Å². The zero-order chi connectivity index (χ0) is 24.2. The second kappa shape index (κ2) is 10.0. The lowest BCUT2D eigenvalue weighted by Gasteiger charge is -2.32. The molecule has 0 aliphatic carbocycles. The fourth-order valence-corrected chi connectivity index (χ4v) is 3.57. The van der Waals surface area contributed by atoms with Crippen LogP contribution in [-0.2, 0) is 4.79 Å². The van der Waals surface area contributed by atoms with Gasteiger partial charge in [0.15, 0.2) is 0 Å². The number of carbonyl (C=O) groups excluding carboxylic acids is 3. The average Bonchev–Trinajstić information content (AvgIpc) is 2.78. The summed E-state index contributed by atoms with van der Waals surface area (Å²) in [5.74, 6) is -2.52. The Balaban J connectivity index is 1.66. The number of benzene rings is 2. The summed E-state index contributed by atoms with van der Waals surface area (Å²) in [5.41, 5.74) is 1.25. The molecule has 3 rings (SSSR count). The summed E-state index contributed by atoms with van der Waals surface area (Å²) in [6, 6.07) is 9.40. The van der Waals surface area contributed by atoms with Crippen LogP contribution in [0.25, 0.3) is 0 Å². The lowest BCUT2D eigenvalue weighted by molar-refractivity contribution is -0.123. The molecule has 2 aromatic rings. The smallest absolute Gasteiger partial charge is 0.343 e. The van der Waals surface area contributed by atoms with Crippen LogP contribution in [0.3, 0.4) is 0 Å². The molecular weight excluding hydrogens is 442 g/mol. The Morgan fingerprint density at radius 2 is 1.73 bits per heavy atom. The summed E-state index contributed by atoms with van der Waals surface area (Å²) in [6.07, 6.45) is -3.39. The van der Waals surface area contributed by atoms with Crippen molar-refractivity contribution < 1.29 is 31.9 Å². The normalized spacial score (nSPS) is 16.3. The number of amides is 3. The maximum absolute atomic E-state index is 13.1. The van der Waals surface area contributed by atoms with Crippen LogP contribution in [0.15, 0.2) is 42.5 Å². The van der Waals surface area contributed by atoms with E-state index in [1.807, 2.05) is 0 Å². The fourth-order valence-electron chi connectivity index (χ4n) is 3.57. The first kappa shape index (κ1) is 24.2. The minimum absolute atomic E-state index is 0.0168. The van der Waals surface area contributed by atoms with Crippen molar-refractivity contribution in [3.05, 3.63) is 65.0 Å². The summed E-state index contributed by atoms with van der Waals surface area (Å²) in [6.45, 7) is 0.875. The molecule has 0 radical (unpaired) electrons. The van der Waals surface area contributed by atoms with Gasteiger partial charge in [0, 0.05) is 29.9 Å². The predicted molar refractivity (Wildman–Crippen MR) is 113 cm³/mol. The van der Waals surface area contributed by atoms with Crippen molar-refractivity contribution in [3.8, 4) is 0 Å². The van der Waals surface area contributed by atoms with Crippen molar-refractivity contribution >= 4 is 23.4 Å². The highest BCUT2D eigenvalue weighted by molar-refractivity contribution is 5.99. The number of alkyl halides is 3. The van der Waals surface area contributed by atoms with E-state index >= 15 is 0 Å². The Kier molecular flexibility index (Phi) is 7.35. The second-order valence-electron chi connectivity index (χ2n) is 7.91. The highest BCUT2D eigenvalue weighted by Crippen LogP contribution is 2.23. The quantitative estimate of drug-likeness (QED) is 0.658. The molecule has 33 heavy (non-hydrogen) atoms. The minimum Gasteiger partial charge on any atom is -0.343 e. The summed E-state index contributed by atoms with van der Waals surface area (Å²) < 4.78 is 50.2. The van der Waals surface area contributed by atoms with Gasteiger partial charge in [0.25, 0.3) is 11.8 Å². The van der Waals surface area contributed by atoms with Crippen LogP contribution in [0.4, 0.5) is 23.2 Å². The predicted octanol–water partition coefficient (Wildman–Crippen LogP) is 3.92. The maximum Gasteiger partial charge on any atom is 0.405 e. The lowest BCUT2D eigenvalue weighted by atomic mass is 9.96. The highest BCUT2D eigenvalue weighted by atomic mass is 19.4. The van der Waals surface area contributed by atoms with E-state index in [1.54, 1.807) is 12.2 Å². The first-order valence-corrected chi connectivity index (χ1v) is 10.3. The van der Waals surface area contributed by atoms with Gasteiger partial charge in [-0.25, -0.2) is 4.39 Å². The Labute approximate surface area is 188 Å². The number of hydrogen-bond acceptors (Lipinski definition) is 3. The third kappa shape index (κ3) is 6.53. The Morgan fingerprint density at radius 1 is 1.06 bits per heavy atom. The number of rotatable bonds is 5. The lowest BCUT2D eigenvalue weighted by Crippen LogP contribution is -2.43. The molecule has 176 valence electrons. The topological polar surface area (TPSA) is 78.5 Å². The van der Waals surface area contributed by atoms with E-state index in [-0.39, 0.29) is 23.9 Å². The average molecular weight is 465 g/mol. The van der Waals surface area contributed by atoms with Crippen molar-refractivity contribution in [2.75, 3.05) is 25.0 Å². The molecule has 1 atom stereocenters. The van der Waals surface area contributed by atoms with E-state index in [9.17, 15) is 31.9 Å². The van der Waals surface area contributed by atoms with Crippen LogP contribution in [0.5, 0.6) is 0 Å². The Morgan fingerprint density at radius 3 is 2.39 bits per heavy atom. The van der Waals surface area contributed by atoms with Gasteiger partial charge in [-0.3, -0.25) is 14.4 Å². The molecule has 0 aromatic heterocycles. The summed E-state index contributed by atoms with van der Waals surface area (Å²) in [4.78, 5) is 39.1. The molecule has 6 nitrogen and oxygen atoms in total. The van der Waals surface area contributed by atoms with Gasteiger partial charge in [0.05, 0.1) is 5.92 Å². The number of likely N-dealkylation sites (tertiary alicyclic amines) is 1. The molecule has 1 aliphatic heterocycles. The molecule has 0 saturated carbocycles. The van der Waals surface area contributed by atoms with Gasteiger partial charge in [-0.2, -0.15) is 13.2 Å². The minimum atomic E-state index is -4.53. The van der Waals surface area contributed by atoms with Crippen molar-refractivity contribution in [1.29, 1.82) is 0 Å². The Hall–Kier alpha value is -3.43. The monoisotopic (exact) mass is 465 g/mol. The van der Waals surface area contributed by atoms with Gasteiger partial charge in [-0.1, -0.05) is 6.07 Å². The van der Waals surface area contributed by atoms with Gasteiger partial charge in [-0.15, -0.1) is 0 Å². The molecular formula is C23H23F4N3O3. The van der Waals surface area contributed by atoms with Gasteiger partial charge in [0.2, 0.25) is 5.91 Å². The van der Waals surface area contributed by atoms with E-state index in [4.69, 9.17) is 0 Å². The molecule has 2 N–H and O–H groups in total. The van der Waals surface area contributed by atoms with Crippen molar-refractivity contribution in [2.45, 2.75) is 25.9 Å². The van der Waals surface area contributed by atoms with E-state index in [0.717, 1.165) is 0 Å². The van der Waals surface area contributed by atoms with Crippen LogP contribution in [0, 0.1) is 18.7 Å². The highest BCUT2D eigenvalue weighted by Gasteiger charge is 2.30. The largest absolute Gasteiger partial charge is 0.405 e. The maximum atomic E-state index is 13.1. The van der Waals surface area contributed by atoms with Gasteiger partial charge < -0.3 is 15.5 Å². The number of nitrogens with one attached hydrogen (secondary N) is 2. The third-order valence-electron chi connectivity index (χ3n) is 5.38. The number of anilines is 1. The van der Waals surface area contributed by atoms with Crippen LogP contribution < -0.4 is 10.6 Å². The number of nitrogens with zero attached hydrogens (tertiary/aromatic N) is 1. The van der Waals surface area contributed by atoms with Crippen LogP contribution in [-0.4, -0.2) is 48.4 Å². The number of hydrogen-bond donors (Lipinski definition) is 2. The zero-order valence-electron chi connectivity index (χ0n) is 17.8. The number of halogens is 4. The first-order chi connectivity index (χ1) is 15.5. The van der Waals surface area contributed by atoms with Crippen LogP contribution in [0.1, 0.15) is 39.1 Å². The summed E-state index contributed by atoms with van der Waals surface area (Å²) >= 11 is 0. The molecule has 10 heteroatoms. The first-order valence-electron chi connectivity index (χ1n) is 10.3. The van der Waals surface area contributed by atoms with Crippen molar-refractivity contribution in [2.24, 2.45) is 5.92 Å². The van der Waals surface area contributed by atoms with E-state index < -0.39 is 30.4 Å². The molecule has 1 fully saturated rings. The van der Waals surface area contributed by atoms with Crippen molar-refractivity contribution in [1.82, 2.24) is 10.2 Å². The van der Waals surface area contributed by atoms with Gasteiger partial charge >= 0.3 is 6.18 Å². The molecule has 0 spiro atoms. The van der Waals surface area contributed by atoms with Gasteiger partial charge in [0.1, 0.15) is 12.4 Å². The standard InChI is InChI=1S/C23H23F4N3O3/c1-14-4-5-16(20(31)28-13-23(25,26)27)11-19(14)29-21(32)17-3-2-10-30(12-17)22(33)15-6-8-18(24)9-7-15/h4-9,11,17H,2-3,10,12-13H2,1H3,(H,28,31)(H,29,32). The SMILES string of the molecule is Cc1ccc(C(=O)NCC(F)(F)F)cc1NC(=O)C1CCCN(C(=O)c2ccc(F)cc2)C1. The molecule has 1 saturated heterocycles. The summed E-state index contributed by atoms with van der Waals surface area (Å²) in [5, 5.41) is 4.52. The Bertz CT molecular complexity index is 1040. The van der Waals surface area contributed by atoms with Crippen LogP contribution >= 0.6 is 0 Å². The molecule has 2 aromatic carbocycles. The molecule has 0 bridgehead atoms. The van der Waals surface area contributed by atoms with E-state index in [0.29, 0.717) is 36.2 Å². The summed E-state index contributed by atoms with van der Waals surface area (Å²) in [7, 11) is 0. The second-order valence-corrected chi connectivity index (χ2v) is 7.91. The third-order valence-corrected chi connectivity index (χ3v) is 5.38. The van der Waals surface area contributed by atoms with E-state index in [2.05, 4.69) is 5.32 Å². The number of piperidine rings is 1. The zero-order valence-corrected chi connectivity index (χ0v) is 17.8. The number of aryl methyl sites for hydroxylation is 1.